The van der Waals surface area contributed by atoms with Crippen LogP contribution < -0.4 is 5.14 Å². The van der Waals surface area contributed by atoms with Crippen molar-refractivity contribution in [2.24, 2.45) is 5.14 Å². The van der Waals surface area contributed by atoms with Gasteiger partial charge in [-0.3, -0.25) is 0 Å². The third kappa shape index (κ3) is 3.99. The summed E-state index contributed by atoms with van der Waals surface area (Å²) >= 11 is 17.6. The van der Waals surface area contributed by atoms with Gasteiger partial charge in [-0.25, -0.2) is 18.4 Å². The number of halogens is 3. The lowest BCUT2D eigenvalue weighted by Gasteiger charge is -2.21. The Labute approximate surface area is 132 Å². The summed E-state index contributed by atoms with van der Waals surface area (Å²) in [6.45, 7) is 4.91. The molecule has 1 rings (SSSR count). The van der Waals surface area contributed by atoms with Crippen LogP contribution in [-0.4, -0.2) is 20.0 Å². The van der Waals surface area contributed by atoms with E-state index in [4.69, 9.17) is 44.7 Å². The van der Waals surface area contributed by atoms with E-state index in [-0.39, 0.29) is 15.6 Å². The van der Waals surface area contributed by atoms with Crippen LogP contribution in [0.15, 0.2) is 11.0 Å². The largest absolute Gasteiger partial charge is 0.456 e. The van der Waals surface area contributed by atoms with E-state index in [0.29, 0.717) is 0 Å². The summed E-state index contributed by atoms with van der Waals surface area (Å²) < 4.78 is 27.9. The van der Waals surface area contributed by atoms with Gasteiger partial charge in [0.05, 0.1) is 20.6 Å². The highest BCUT2D eigenvalue weighted by atomic mass is 35.5. The lowest BCUT2D eigenvalue weighted by molar-refractivity contribution is 0.00697. The summed E-state index contributed by atoms with van der Waals surface area (Å²) in [5.41, 5.74) is -1.15. The Morgan fingerprint density at radius 1 is 1.20 bits per heavy atom. The molecule has 2 N–H and O–H groups in total. The number of benzene rings is 1. The van der Waals surface area contributed by atoms with Crippen LogP contribution in [0.5, 0.6) is 0 Å². The highest BCUT2D eigenvalue weighted by Crippen LogP contribution is 2.37. The Morgan fingerprint density at radius 2 is 1.70 bits per heavy atom. The van der Waals surface area contributed by atoms with Crippen LogP contribution in [0, 0.1) is 0 Å². The fourth-order valence-electron chi connectivity index (χ4n) is 1.30. The van der Waals surface area contributed by atoms with Crippen molar-refractivity contribution in [1.29, 1.82) is 0 Å². The SMILES string of the molecule is CC(C)(C)OC(=O)c1c(Cl)c(Cl)cc(S(N)(=O)=O)c1Cl. The van der Waals surface area contributed by atoms with E-state index in [1.165, 1.54) is 0 Å². The molecule has 0 aliphatic heterocycles. The van der Waals surface area contributed by atoms with E-state index in [1.807, 2.05) is 0 Å². The Morgan fingerprint density at radius 3 is 2.10 bits per heavy atom. The minimum absolute atomic E-state index is 0.166. The maximum Gasteiger partial charge on any atom is 0.341 e. The van der Waals surface area contributed by atoms with Crippen LogP contribution in [0.25, 0.3) is 0 Å². The van der Waals surface area contributed by atoms with E-state index in [9.17, 15) is 13.2 Å². The monoisotopic (exact) mass is 359 g/mol. The lowest BCUT2D eigenvalue weighted by Crippen LogP contribution is -2.25. The zero-order chi connectivity index (χ0) is 15.9. The number of primary sulfonamides is 1. The molecule has 0 aliphatic carbocycles. The van der Waals surface area contributed by atoms with E-state index >= 15 is 0 Å². The molecule has 0 atom stereocenters. The number of nitrogens with two attached hydrogens (primary N) is 1. The second kappa shape index (κ2) is 5.69. The van der Waals surface area contributed by atoms with Crippen molar-refractivity contribution in [3.63, 3.8) is 0 Å². The third-order valence-corrected chi connectivity index (χ3v) is 4.26. The molecule has 5 nitrogen and oxygen atoms in total. The Hall–Kier alpha value is -0.530. The van der Waals surface area contributed by atoms with Crippen molar-refractivity contribution < 1.29 is 17.9 Å². The predicted molar refractivity (Wildman–Crippen MR) is 78.0 cm³/mol. The topological polar surface area (TPSA) is 86.5 Å². The van der Waals surface area contributed by atoms with Crippen LogP contribution in [0.3, 0.4) is 0 Å². The van der Waals surface area contributed by atoms with Crippen molar-refractivity contribution in [2.75, 3.05) is 0 Å². The molecule has 0 spiro atoms. The summed E-state index contributed by atoms with van der Waals surface area (Å²) in [5, 5.41) is 4.22. The first-order valence-electron chi connectivity index (χ1n) is 5.28. The molecule has 0 amide bonds. The molecular formula is C11H12Cl3NO4S. The summed E-state index contributed by atoms with van der Waals surface area (Å²) in [5.74, 6) is -0.889. The Kier molecular flexibility index (Phi) is 4.99. The van der Waals surface area contributed by atoms with Crippen LogP contribution in [-0.2, 0) is 14.8 Å². The van der Waals surface area contributed by atoms with E-state index < -0.39 is 31.5 Å². The normalized spacial score (nSPS) is 12.3. The van der Waals surface area contributed by atoms with Gasteiger partial charge in [0, 0.05) is 0 Å². The number of sulfonamides is 1. The molecule has 112 valence electrons. The third-order valence-electron chi connectivity index (χ3n) is 2.03. The molecule has 0 unspecified atom stereocenters. The predicted octanol–water partition coefficient (Wildman–Crippen LogP) is 3.25. The first-order chi connectivity index (χ1) is 8.84. The molecule has 0 aliphatic rings. The highest BCUT2D eigenvalue weighted by Gasteiger charge is 2.28. The zero-order valence-corrected chi connectivity index (χ0v) is 13.9. The average molecular weight is 361 g/mol. The summed E-state index contributed by atoms with van der Waals surface area (Å²) in [4.78, 5) is 11.6. The summed E-state index contributed by atoms with van der Waals surface area (Å²) in [6, 6.07) is 0.982. The molecule has 0 aromatic heterocycles. The average Bonchev–Trinajstić information content (AvgIpc) is 2.19. The van der Waals surface area contributed by atoms with Gasteiger partial charge in [0.15, 0.2) is 0 Å². The fourth-order valence-corrected chi connectivity index (χ4v) is 3.02. The zero-order valence-electron chi connectivity index (χ0n) is 10.8. The fraction of sp³-hybridized carbons (Fsp3) is 0.364. The number of carbonyl (C=O) groups is 1. The lowest BCUT2D eigenvalue weighted by atomic mass is 10.1. The molecule has 0 saturated carbocycles. The van der Waals surface area contributed by atoms with Crippen LogP contribution in [0.1, 0.15) is 31.1 Å². The molecule has 1 aromatic carbocycles. The van der Waals surface area contributed by atoms with Gasteiger partial charge in [-0.15, -0.1) is 0 Å². The highest BCUT2D eigenvalue weighted by molar-refractivity contribution is 7.89. The number of hydrogen-bond donors (Lipinski definition) is 1. The van der Waals surface area contributed by atoms with Gasteiger partial charge < -0.3 is 4.74 Å². The summed E-state index contributed by atoms with van der Waals surface area (Å²) in [7, 11) is -4.16. The van der Waals surface area contributed by atoms with Crippen LogP contribution >= 0.6 is 34.8 Å². The first kappa shape index (κ1) is 17.5. The van der Waals surface area contributed by atoms with Crippen LogP contribution in [0.4, 0.5) is 0 Å². The summed E-state index contributed by atoms with van der Waals surface area (Å²) in [6.07, 6.45) is 0. The van der Waals surface area contributed by atoms with E-state index in [1.54, 1.807) is 20.8 Å². The van der Waals surface area contributed by atoms with E-state index in [2.05, 4.69) is 0 Å². The van der Waals surface area contributed by atoms with Gasteiger partial charge in [-0.1, -0.05) is 34.8 Å². The van der Waals surface area contributed by atoms with Gasteiger partial charge in [0.2, 0.25) is 10.0 Å². The standard InChI is InChI=1S/C11H12Cl3NO4S/c1-11(2,3)19-10(16)7-8(13)5(12)4-6(9(7)14)20(15,17)18/h4H,1-3H3,(H2,15,17,18). The minimum atomic E-state index is -4.16. The molecule has 9 heteroatoms. The number of carbonyl (C=O) groups excluding carboxylic acids is 1. The van der Waals surface area contributed by atoms with Crippen molar-refractivity contribution in [3.8, 4) is 0 Å². The molecular weight excluding hydrogens is 349 g/mol. The van der Waals surface area contributed by atoms with Gasteiger partial charge in [-0.05, 0) is 26.8 Å². The quantitative estimate of drug-likeness (QED) is 0.648. The number of ether oxygens (including phenoxy) is 1. The second-order valence-electron chi connectivity index (χ2n) is 4.91. The van der Waals surface area contributed by atoms with Crippen molar-refractivity contribution in [1.82, 2.24) is 0 Å². The van der Waals surface area contributed by atoms with Crippen molar-refractivity contribution >= 4 is 50.8 Å². The van der Waals surface area contributed by atoms with Gasteiger partial charge in [-0.2, -0.15) is 0 Å². The maximum atomic E-state index is 12.0. The van der Waals surface area contributed by atoms with Crippen molar-refractivity contribution in [3.05, 3.63) is 26.7 Å². The molecule has 0 bridgehead atoms. The Balaban J connectivity index is 3.55. The molecule has 0 fully saturated rings. The van der Waals surface area contributed by atoms with Crippen LogP contribution in [0.2, 0.25) is 15.1 Å². The minimum Gasteiger partial charge on any atom is -0.456 e. The van der Waals surface area contributed by atoms with Gasteiger partial charge >= 0.3 is 5.97 Å². The maximum absolute atomic E-state index is 12.0. The second-order valence-corrected chi connectivity index (χ2v) is 7.60. The molecule has 0 saturated heterocycles. The number of hydrogen-bond acceptors (Lipinski definition) is 4. The smallest absolute Gasteiger partial charge is 0.341 e. The number of rotatable bonds is 2. The molecule has 20 heavy (non-hydrogen) atoms. The van der Waals surface area contributed by atoms with Gasteiger partial charge in [0.1, 0.15) is 10.5 Å². The molecule has 0 heterocycles. The number of esters is 1. The Bertz CT molecular complexity index is 665. The molecule has 1 aromatic rings. The molecule has 0 radical (unpaired) electrons. The van der Waals surface area contributed by atoms with E-state index in [0.717, 1.165) is 6.07 Å². The first-order valence-corrected chi connectivity index (χ1v) is 7.96. The van der Waals surface area contributed by atoms with Gasteiger partial charge in [0.25, 0.3) is 0 Å². The van der Waals surface area contributed by atoms with Crippen molar-refractivity contribution in [2.45, 2.75) is 31.3 Å².